The van der Waals surface area contributed by atoms with Crippen LogP contribution in [-0.4, -0.2) is 19.9 Å². The van der Waals surface area contributed by atoms with Crippen LogP contribution in [0.5, 0.6) is 0 Å². The molecule has 8 nitrogen and oxygen atoms in total. The average molecular weight is 789 g/mol. The first-order valence-corrected chi connectivity index (χ1v) is 20.9. The van der Waals surface area contributed by atoms with Crippen LogP contribution in [0, 0.1) is 96.9 Å². The van der Waals surface area contributed by atoms with Gasteiger partial charge in [0, 0.05) is 49.0 Å². The Morgan fingerprint density at radius 1 is 0.288 bits per heavy atom. The Bertz CT molecular complexity index is 2110. The minimum absolute atomic E-state index is 0.678. The largest absolute Gasteiger partial charge is 0.366 e. The molecule has 0 unspecified atom stereocenters. The van der Waals surface area contributed by atoms with Gasteiger partial charge in [-0.15, -0.1) is 0 Å². The molecule has 0 radical (unpaired) electrons. The summed E-state index contributed by atoms with van der Waals surface area (Å²) in [4.78, 5) is 19.3. The molecule has 8 heteroatoms. The summed E-state index contributed by atoms with van der Waals surface area (Å²) in [5.74, 6) is 3.61. The summed E-state index contributed by atoms with van der Waals surface area (Å²) in [6.07, 6.45) is 0.809. The van der Waals surface area contributed by atoms with E-state index in [2.05, 4.69) is 167 Å². The van der Waals surface area contributed by atoms with E-state index in [1.165, 1.54) is 89.0 Å². The van der Waals surface area contributed by atoms with E-state index in [1.807, 2.05) is 0 Å². The number of nitrogens with one attached hydrogen (secondary N) is 4. The molecule has 0 aliphatic heterocycles. The summed E-state index contributed by atoms with van der Waals surface area (Å²) in [6, 6.07) is 17.0. The Balaban J connectivity index is 1.46. The quantitative estimate of drug-likeness (QED) is 0.0866. The van der Waals surface area contributed by atoms with E-state index in [0.717, 1.165) is 52.5 Å². The van der Waals surface area contributed by atoms with Gasteiger partial charge in [-0.25, -0.2) is 19.9 Å². The van der Waals surface area contributed by atoms with Crippen molar-refractivity contribution in [2.24, 2.45) is 0 Å². The lowest BCUT2D eigenvalue weighted by Crippen LogP contribution is -2.17. The Hall–Kier alpha value is -5.76. The number of anilines is 4. The highest BCUT2D eigenvalue weighted by Gasteiger charge is 2.23. The van der Waals surface area contributed by atoms with Gasteiger partial charge in [-0.3, -0.25) is 0 Å². The van der Waals surface area contributed by atoms with E-state index in [4.69, 9.17) is 19.9 Å². The molecule has 0 saturated heterocycles. The van der Waals surface area contributed by atoms with E-state index in [1.54, 1.807) is 0 Å². The predicted octanol–water partition coefficient (Wildman–Crippen LogP) is 11.6. The van der Waals surface area contributed by atoms with Crippen LogP contribution < -0.4 is 21.3 Å². The lowest BCUT2D eigenvalue weighted by atomic mass is 9.81. The molecule has 0 bridgehead atoms. The van der Waals surface area contributed by atoms with Crippen LogP contribution in [0.25, 0.3) is 0 Å². The highest BCUT2D eigenvalue weighted by atomic mass is 15.0. The fourth-order valence-electron chi connectivity index (χ4n) is 8.99. The number of pyridine rings is 4. The summed E-state index contributed by atoms with van der Waals surface area (Å²) < 4.78 is 0. The number of aryl methyl sites for hydroxylation is 8. The van der Waals surface area contributed by atoms with Crippen LogP contribution in [0.2, 0.25) is 0 Å². The zero-order chi connectivity index (χ0) is 42.7. The summed E-state index contributed by atoms with van der Waals surface area (Å²) in [5, 5.41) is 14.8. The molecule has 2 aromatic carbocycles. The number of rotatable bonds is 14. The van der Waals surface area contributed by atoms with Crippen molar-refractivity contribution in [1.82, 2.24) is 19.9 Å². The molecule has 6 aromatic rings. The van der Waals surface area contributed by atoms with Crippen molar-refractivity contribution in [3.63, 3.8) is 0 Å². The molecule has 0 fully saturated rings. The van der Waals surface area contributed by atoms with E-state index >= 15 is 0 Å². The third kappa shape index (κ3) is 10.1. The average Bonchev–Trinajstić information content (AvgIpc) is 3.13. The number of hydrogen-bond donors (Lipinski definition) is 4. The van der Waals surface area contributed by atoms with Crippen LogP contribution in [-0.2, 0) is 32.6 Å². The Labute approximate surface area is 353 Å². The van der Waals surface area contributed by atoms with Gasteiger partial charge in [-0.2, -0.15) is 0 Å². The fraction of sp³-hybridized carbons (Fsp3) is 0.373. The minimum atomic E-state index is 0.678. The first kappa shape index (κ1) is 42.8. The normalized spacial score (nSPS) is 11.2. The number of aromatic nitrogens is 4. The molecule has 4 aromatic heterocycles. The van der Waals surface area contributed by atoms with Gasteiger partial charge in [-0.1, -0.05) is 0 Å². The molecule has 0 atom stereocenters. The van der Waals surface area contributed by atoms with Crippen molar-refractivity contribution >= 4 is 23.3 Å². The van der Waals surface area contributed by atoms with Gasteiger partial charge in [0.15, 0.2) is 0 Å². The van der Waals surface area contributed by atoms with E-state index < -0.39 is 0 Å². The minimum Gasteiger partial charge on any atom is -0.366 e. The standard InChI is InChI=1S/C51H64N8/c1-28-15-32(5)56-48(19-28)52-24-44-36(9)42(37(10)45(40(44)13)25-53-49-20-29(2)16-33(6)57-49)23-43-38(11)46(26-54-50-21-30(3)17-34(7)58-50)41(14)47(39(43)12)27-55-51-22-31(4)18-35(8)59-51/h15-22H,23-27H2,1-14H3,(H,52,56)(H,53,57)(H,54,58)(H,55,59). The smallest absolute Gasteiger partial charge is 0.126 e. The highest BCUT2D eigenvalue weighted by Crippen LogP contribution is 2.35. The third-order valence-electron chi connectivity index (χ3n) is 12.0. The molecule has 0 spiro atoms. The first-order chi connectivity index (χ1) is 28.0. The Kier molecular flexibility index (Phi) is 13.1. The molecule has 4 heterocycles. The molecular formula is C51H64N8. The first-order valence-electron chi connectivity index (χ1n) is 20.9. The molecule has 308 valence electrons. The van der Waals surface area contributed by atoms with Gasteiger partial charge >= 0.3 is 0 Å². The van der Waals surface area contributed by atoms with Crippen LogP contribution in [0.1, 0.15) is 112 Å². The third-order valence-corrected chi connectivity index (χ3v) is 12.0. The zero-order valence-electron chi connectivity index (χ0n) is 37.9. The fourth-order valence-corrected chi connectivity index (χ4v) is 8.99. The van der Waals surface area contributed by atoms with Crippen molar-refractivity contribution in [3.8, 4) is 0 Å². The second kappa shape index (κ2) is 18.0. The molecule has 4 N–H and O–H groups in total. The van der Waals surface area contributed by atoms with Gasteiger partial charge in [0.05, 0.1) is 0 Å². The van der Waals surface area contributed by atoms with Crippen molar-refractivity contribution in [3.05, 3.63) is 160 Å². The maximum atomic E-state index is 4.83. The van der Waals surface area contributed by atoms with E-state index in [-0.39, 0.29) is 0 Å². The second-order valence-electron chi connectivity index (χ2n) is 16.9. The molecule has 59 heavy (non-hydrogen) atoms. The molecule has 0 aliphatic carbocycles. The maximum absolute atomic E-state index is 4.83. The highest BCUT2D eigenvalue weighted by molar-refractivity contribution is 5.59. The Morgan fingerprint density at radius 2 is 0.492 bits per heavy atom. The van der Waals surface area contributed by atoms with Crippen LogP contribution in [0.15, 0.2) is 48.5 Å². The van der Waals surface area contributed by atoms with Gasteiger partial charge < -0.3 is 21.3 Å². The Morgan fingerprint density at radius 3 is 0.695 bits per heavy atom. The number of hydrogen-bond acceptors (Lipinski definition) is 8. The van der Waals surface area contributed by atoms with E-state index in [9.17, 15) is 0 Å². The predicted molar refractivity (Wildman–Crippen MR) is 248 cm³/mol. The maximum Gasteiger partial charge on any atom is 0.126 e. The molecule has 0 aliphatic rings. The van der Waals surface area contributed by atoms with Gasteiger partial charge in [-0.05, 0) is 241 Å². The number of nitrogens with zero attached hydrogens (tertiary/aromatic N) is 4. The summed E-state index contributed by atoms with van der Waals surface area (Å²) in [5.41, 5.74) is 24.7. The second-order valence-corrected chi connectivity index (χ2v) is 16.9. The van der Waals surface area contributed by atoms with Crippen molar-refractivity contribution in [2.45, 2.75) is 130 Å². The lowest BCUT2D eigenvalue weighted by Gasteiger charge is -2.27. The zero-order valence-corrected chi connectivity index (χ0v) is 37.9. The van der Waals surface area contributed by atoms with Crippen molar-refractivity contribution in [2.75, 3.05) is 21.3 Å². The van der Waals surface area contributed by atoms with Gasteiger partial charge in [0.1, 0.15) is 23.3 Å². The molecule has 0 saturated carbocycles. The summed E-state index contributed by atoms with van der Waals surface area (Å²) in [7, 11) is 0. The summed E-state index contributed by atoms with van der Waals surface area (Å²) in [6.45, 7) is 33.2. The van der Waals surface area contributed by atoms with Crippen LogP contribution in [0.4, 0.5) is 23.3 Å². The van der Waals surface area contributed by atoms with Crippen molar-refractivity contribution < 1.29 is 0 Å². The lowest BCUT2D eigenvalue weighted by molar-refractivity contribution is 0.941. The van der Waals surface area contributed by atoms with Gasteiger partial charge in [0.25, 0.3) is 0 Å². The van der Waals surface area contributed by atoms with Crippen LogP contribution >= 0.6 is 0 Å². The number of benzene rings is 2. The van der Waals surface area contributed by atoms with Crippen molar-refractivity contribution in [1.29, 1.82) is 0 Å². The monoisotopic (exact) mass is 789 g/mol. The van der Waals surface area contributed by atoms with E-state index in [0.29, 0.717) is 26.2 Å². The topological polar surface area (TPSA) is 99.7 Å². The van der Waals surface area contributed by atoms with Crippen LogP contribution in [0.3, 0.4) is 0 Å². The van der Waals surface area contributed by atoms with Gasteiger partial charge in [0.2, 0.25) is 0 Å². The molecule has 6 rings (SSSR count). The molecular weight excluding hydrogens is 725 g/mol. The SMILES string of the molecule is Cc1cc(C)nc(NCc2c(C)c(CNc3cc(C)cc(C)n3)c(C)c(Cc3c(C)c(CNc4cc(C)cc(C)n4)c(C)c(CNc4cc(C)cc(C)n4)c3C)c2C)c1. The molecule has 0 amide bonds. The summed E-state index contributed by atoms with van der Waals surface area (Å²) >= 11 is 0.